The Morgan fingerprint density at radius 1 is 1.38 bits per heavy atom. The van der Waals surface area contributed by atoms with Crippen LogP contribution in [0.2, 0.25) is 0 Å². The summed E-state index contributed by atoms with van der Waals surface area (Å²) in [7, 11) is 0. The molecule has 1 N–H and O–H groups in total. The average Bonchev–Trinajstić information content (AvgIpc) is 2.73. The number of aromatic nitrogens is 2. The molecule has 2 heteroatoms. The lowest BCUT2D eigenvalue weighted by Crippen LogP contribution is -2.17. The molecule has 0 spiro atoms. The zero-order valence-corrected chi connectivity index (χ0v) is 10.8. The average molecular weight is 220 g/mol. The maximum Gasteiger partial charge on any atom is 0.129 e. The van der Waals surface area contributed by atoms with E-state index >= 15 is 0 Å². The number of aromatic amines is 1. The first-order valence-electron chi connectivity index (χ1n) is 6.28. The molecular weight excluding hydrogens is 196 g/mol. The first-order valence-corrected chi connectivity index (χ1v) is 6.28. The van der Waals surface area contributed by atoms with Gasteiger partial charge in [-0.2, -0.15) is 0 Å². The highest BCUT2D eigenvalue weighted by atomic mass is 14.9. The van der Waals surface area contributed by atoms with Gasteiger partial charge in [-0.3, -0.25) is 0 Å². The van der Waals surface area contributed by atoms with Crippen molar-refractivity contribution in [1.82, 2.24) is 9.97 Å². The SMILES string of the molecule is C=Cc1ncc(C(C)(C)CCCCCC)[nH]1. The first-order chi connectivity index (χ1) is 7.60. The van der Waals surface area contributed by atoms with Gasteiger partial charge < -0.3 is 4.98 Å². The van der Waals surface area contributed by atoms with E-state index in [9.17, 15) is 0 Å². The Bertz CT molecular complexity index is 323. The fraction of sp³-hybridized carbons (Fsp3) is 0.643. The van der Waals surface area contributed by atoms with Gasteiger partial charge in [0, 0.05) is 17.3 Å². The molecule has 2 nitrogen and oxygen atoms in total. The van der Waals surface area contributed by atoms with Crippen LogP contribution in [0, 0.1) is 0 Å². The van der Waals surface area contributed by atoms with Crippen molar-refractivity contribution in [3.05, 3.63) is 24.3 Å². The van der Waals surface area contributed by atoms with Crippen molar-refractivity contribution < 1.29 is 0 Å². The van der Waals surface area contributed by atoms with E-state index in [4.69, 9.17) is 0 Å². The Morgan fingerprint density at radius 3 is 2.69 bits per heavy atom. The molecule has 0 fully saturated rings. The second-order valence-electron chi connectivity index (χ2n) is 5.08. The molecule has 0 atom stereocenters. The smallest absolute Gasteiger partial charge is 0.129 e. The summed E-state index contributed by atoms with van der Waals surface area (Å²) < 4.78 is 0. The molecule has 0 amide bonds. The number of rotatable bonds is 7. The van der Waals surface area contributed by atoms with Gasteiger partial charge in [-0.25, -0.2) is 4.98 Å². The van der Waals surface area contributed by atoms with Crippen LogP contribution in [0.3, 0.4) is 0 Å². The second kappa shape index (κ2) is 5.88. The van der Waals surface area contributed by atoms with E-state index in [1.54, 1.807) is 6.08 Å². The van der Waals surface area contributed by atoms with Gasteiger partial charge in [0.2, 0.25) is 0 Å². The molecule has 1 aromatic rings. The monoisotopic (exact) mass is 220 g/mol. The number of hydrogen-bond donors (Lipinski definition) is 1. The summed E-state index contributed by atoms with van der Waals surface area (Å²) in [5, 5.41) is 0. The van der Waals surface area contributed by atoms with Crippen LogP contribution in [-0.2, 0) is 5.41 Å². The molecule has 90 valence electrons. The molecule has 1 aromatic heterocycles. The van der Waals surface area contributed by atoms with Crippen LogP contribution in [0.15, 0.2) is 12.8 Å². The van der Waals surface area contributed by atoms with Gasteiger partial charge in [-0.05, 0) is 12.5 Å². The van der Waals surface area contributed by atoms with Gasteiger partial charge in [0.05, 0.1) is 0 Å². The predicted molar refractivity (Wildman–Crippen MR) is 70.5 cm³/mol. The van der Waals surface area contributed by atoms with E-state index in [1.165, 1.54) is 37.8 Å². The van der Waals surface area contributed by atoms with Gasteiger partial charge in [0.1, 0.15) is 5.82 Å². The van der Waals surface area contributed by atoms with E-state index in [1.807, 2.05) is 6.20 Å². The summed E-state index contributed by atoms with van der Waals surface area (Å²) in [5.41, 5.74) is 1.42. The van der Waals surface area contributed by atoms with Crippen LogP contribution in [0.25, 0.3) is 6.08 Å². The third-order valence-electron chi connectivity index (χ3n) is 3.17. The number of hydrogen-bond acceptors (Lipinski definition) is 1. The molecule has 16 heavy (non-hydrogen) atoms. The molecule has 0 saturated heterocycles. The number of imidazole rings is 1. The molecule has 0 aliphatic carbocycles. The second-order valence-corrected chi connectivity index (χ2v) is 5.08. The summed E-state index contributed by atoms with van der Waals surface area (Å²) in [4.78, 5) is 7.59. The standard InChI is InChI=1S/C14H24N2/c1-5-7-8-9-10-14(3,4)12-11-15-13(6-2)16-12/h6,11H,2,5,7-10H2,1,3-4H3,(H,15,16). The lowest BCUT2D eigenvalue weighted by Gasteiger charge is -2.22. The van der Waals surface area contributed by atoms with Crippen molar-refractivity contribution in [3.63, 3.8) is 0 Å². The zero-order valence-electron chi connectivity index (χ0n) is 10.8. The summed E-state index contributed by atoms with van der Waals surface area (Å²) in [6.45, 7) is 10.5. The highest BCUT2D eigenvalue weighted by molar-refractivity contribution is 5.37. The van der Waals surface area contributed by atoms with Crippen LogP contribution in [0.4, 0.5) is 0 Å². The lowest BCUT2D eigenvalue weighted by atomic mass is 9.84. The van der Waals surface area contributed by atoms with Crippen molar-refractivity contribution in [2.45, 2.75) is 58.3 Å². The number of H-pyrrole nitrogens is 1. The Balaban J connectivity index is 2.51. The summed E-state index contributed by atoms with van der Waals surface area (Å²) in [6.07, 6.45) is 10.2. The number of unbranched alkanes of at least 4 members (excludes halogenated alkanes) is 3. The maximum atomic E-state index is 4.27. The van der Waals surface area contributed by atoms with Crippen LogP contribution < -0.4 is 0 Å². The zero-order chi connectivity index (χ0) is 12.0. The molecule has 0 radical (unpaired) electrons. The highest BCUT2D eigenvalue weighted by Gasteiger charge is 2.21. The first kappa shape index (κ1) is 13.0. The molecular formula is C14H24N2. The quantitative estimate of drug-likeness (QED) is 0.682. The van der Waals surface area contributed by atoms with E-state index in [-0.39, 0.29) is 5.41 Å². The van der Waals surface area contributed by atoms with E-state index in [0.717, 1.165) is 5.82 Å². The van der Waals surface area contributed by atoms with E-state index < -0.39 is 0 Å². The molecule has 0 unspecified atom stereocenters. The van der Waals surface area contributed by atoms with Gasteiger partial charge in [0.15, 0.2) is 0 Å². The highest BCUT2D eigenvalue weighted by Crippen LogP contribution is 2.28. The topological polar surface area (TPSA) is 28.7 Å². The lowest BCUT2D eigenvalue weighted by molar-refractivity contribution is 0.436. The number of nitrogens with one attached hydrogen (secondary N) is 1. The third-order valence-corrected chi connectivity index (χ3v) is 3.17. The summed E-state index contributed by atoms with van der Waals surface area (Å²) >= 11 is 0. The van der Waals surface area contributed by atoms with Crippen molar-refractivity contribution in [2.24, 2.45) is 0 Å². The molecule has 0 aliphatic rings. The minimum atomic E-state index is 0.196. The Morgan fingerprint density at radius 2 is 2.12 bits per heavy atom. The summed E-state index contributed by atoms with van der Waals surface area (Å²) in [5.74, 6) is 0.872. The fourth-order valence-electron chi connectivity index (χ4n) is 1.91. The van der Waals surface area contributed by atoms with Crippen molar-refractivity contribution in [2.75, 3.05) is 0 Å². The molecule has 0 saturated carbocycles. The third kappa shape index (κ3) is 3.51. The molecule has 0 aliphatic heterocycles. The van der Waals surface area contributed by atoms with Crippen LogP contribution in [0.5, 0.6) is 0 Å². The van der Waals surface area contributed by atoms with Crippen LogP contribution >= 0.6 is 0 Å². The largest absolute Gasteiger partial charge is 0.342 e. The summed E-state index contributed by atoms with van der Waals surface area (Å²) in [6, 6.07) is 0. The Hall–Kier alpha value is -1.05. The number of nitrogens with zero attached hydrogens (tertiary/aromatic N) is 1. The van der Waals surface area contributed by atoms with Crippen molar-refractivity contribution in [1.29, 1.82) is 0 Å². The van der Waals surface area contributed by atoms with Crippen LogP contribution in [0.1, 0.15) is 64.4 Å². The fourth-order valence-corrected chi connectivity index (χ4v) is 1.91. The van der Waals surface area contributed by atoms with Crippen LogP contribution in [-0.4, -0.2) is 9.97 Å². The Kier molecular flexibility index (Phi) is 4.78. The van der Waals surface area contributed by atoms with Crippen molar-refractivity contribution >= 4 is 6.08 Å². The van der Waals surface area contributed by atoms with Crippen molar-refractivity contribution in [3.8, 4) is 0 Å². The maximum absolute atomic E-state index is 4.27. The molecule has 1 rings (SSSR count). The molecule has 0 bridgehead atoms. The normalized spacial score (nSPS) is 11.7. The van der Waals surface area contributed by atoms with Gasteiger partial charge in [-0.15, -0.1) is 0 Å². The van der Waals surface area contributed by atoms with Gasteiger partial charge in [-0.1, -0.05) is 53.0 Å². The predicted octanol–water partition coefficient (Wildman–Crippen LogP) is 4.30. The van der Waals surface area contributed by atoms with E-state index in [0.29, 0.717) is 0 Å². The minimum absolute atomic E-state index is 0.196. The van der Waals surface area contributed by atoms with E-state index in [2.05, 4.69) is 37.3 Å². The minimum Gasteiger partial charge on any atom is -0.342 e. The van der Waals surface area contributed by atoms with Gasteiger partial charge in [0.25, 0.3) is 0 Å². The van der Waals surface area contributed by atoms with Gasteiger partial charge >= 0.3 is 0 Å². The molecule has 0 aromatic carbocycles. The molecule has 1 heterocycles. The Labute approximate surface area is 99.2 Å².